The molecule has 0 aromatic heterocycles. The first-order valence-corrected chi connectivity index (χ1v) is 12.2. The van der Waals surface area contributed by atoms with E-state index in [0.29, 0.717) is 6.61 Å². The predicted molar refractivity (Wildman–Crippen MR) is 112 cm³/mol. The molecule has 5 aliphatic rings. The normalized spacial score (nSPS) is 40.7. The van der Waals surface area contributed by atoms with Crippen molar-refractivity contribution in [1.29, 1.82) is 0 Å². The molecular weight excluding hydrogens is 396 g/mol. The quantitative estimate of drug-likeness (QED) is 0.786. The molecule has 6 nitrogen and oxygen atoms in total. The van der Waals surface area contributed by atoms with Crippen molar-refractivity contribution < 1.29 is 28.8 Å². The van der Waals surface area contributed by atoms with Gasteiger partial charge in [-0.2, -0.15) is 0 Å². The van der Waals surface area contributed by atoms with E-state index < -0.39 is 29.9 Å². The first kappa shape index (κ1) is 20.6. The topological polar surface area (TPSA) is 66.4 Å². The Bertz CT molecular complexity index is 757. The van der Waals surface area contributed by atoms with Crippen molar-refractivity contribution in [3.63, 3.8) is 0 Å². The molecule has 0 amide bonds. The zero-order valence-corrected chi connectivity index (χ0v) is 18.1. The van der Waals surface area contributed by atoms with Crippen molar-refractivity contribution in [3.05, 3.63) is 35.9 Å². The minimum atomic E-state index is -0.807. The van der Waals surface area contributed by atoms with Crippen LogP contribution in [-0.2, 0) is 30.3 Å². The highest BCUT2D eigenvalue weighted by atomic mass is 16.8. The second-order valence-corrected chi connectivity index (χ2v) is 10.0. The third-order valence-corrected chi connectivity index (χ3v) is 7.89. The fourth-order valence-electron chi connectivity index (χ4n) is 6.34. The first-order chi connectivity index (χ1) is 15.2. The van der Waals surface area contributed by atoms with Gasteiger partial charge in [0.15, 0.2) is 11.6 Å². The minimum absolute atomic E-state index is 0.270. The van der Waals surface area contributed by atoms with Gasteiger partial charge in [0.1, 0.15) is 36.6 Å². The van der Waals surface area contributed by atoms with Crippen LogP contribution < -0.4 is 0 Å². The van der Waals surface area contributed by atoms with Gasteiger partial charge in [-0.3, -0.25) is 0 Å². The highest BCUT2D eigenvalue weighted by Crippen LogP contribution is 2.51. The van der Waals surface area contributed by atoms with Crippen LogP contribution in [-0.4, -0.2) is 53.3 Å². The van der Waals surface area contributed by atoms with E-state index >= 15 is 0 Å². The summed E-state index contributed by atoms with van der Waals surface area (Å²) in [5, 5.41) is 11.4. The summed E-state index contributed by atoms with van der Waals surface area (Å²) in [7, 11) is 0. The van der Waals surface area contributed by atoms with Gasteiger partial charge in [0, 0.05) is 25.7 Å². The third-order valence-electron chi connectivity index (χ3n) is 7.89. The van der Waals surface area contributed by atoms with Crippen molar-refractivity contribution in [3.8, 4) is 0 Å². The van der Waals surface area contributed by atoms with Crippen LogP contribution in [0.1, 0.15) is 69.8 Å². The molecule has 1 aromatic carbocycles. The summed E-state index contributed by atoms with van der Waals surface area (Å²) in [6, 6.07) is 10.1. The molecule has 5 fully saturated rings. The molecule has 31 heavy (non-hydrogen) atoms. The fourth-order valence-corrected chi connectivity index (χ4v) is 6.34. The Kier molecular flexibility index (Phi) is 5.37. The highest BCUT2D eigenvalue weighted by molar-refractivity contribution is 5.14. The summed E-state index contributed by atoms with van der Waals surface area (Å²) in [5.41, 5.74) is 1.08. The molecule has 0 bridgehead atoms. The van der Waals surface area contributed by atoms with Gasteiger partial charge in [-0.25, -0.2) is 0 Å². The molecule has 0 radical (unpaired) electrons. The second kappa shape index (κ2) is 8.08. The smallest absolute Gasteiger partial charge is 0.169 e. The van der Waals surface area contributed by atoms with Crippen LogP contribution in [0.3, 0.4) is 0 Å². The van der Waals surface area contributed by atoms with Crippen molar-refractivity contribution in [2.24, 2.45) is 0 Å². The van der Waals surface area contributed by atoms with Crippen LogP contribution in [0.2, 0.25) is 0 Å². The summed E-state index contributed by atoms with van der Waals surface area (Å²) >= 11 is 0. The molecule has 6 rings (SSSR count). The second-order valence-electron chi connectivity index (χ2n) is 10.0. The lowest BCUT2D eigenvalue weighted by Crippen LogP contribution is -2.62. The summed E-state index contributed by atoms with van der Waals surface area (Å²) < 4.78 is 32.6. The van der Waals surface area contributed by atoms with E-state index in [1.165, 1.54) is 12.8 Å². The van der Waals surface area contributed by atoms with Crippen LogP contribution >= 0.6 is 0 Å². The lowest BCUT2D eigenvalue weighted by Gasteiger charge is -2.40. The molecular formula is C25H34O6. The van der Waals surface area contributed by atoms with Crippen molar-refractivity contribution in [1.82, 2.24) is 0 Å². The third kappa shape index (κ3) is 3.65. The maximum Gasteiger partial charge on any atom is 0.169 e. The number of hydrogen-bond acceptors (Lipinski definition) is 6. The summed E-state index contributed by atoms with van der Waals surface area (Å²) in [6.07, 6.45) is 7.70. The van der Waals surface area contributed by atoms with E-state index in [2.05, 4.69) is 0 Å². The zero-order chi connectivity index (χ0) is 20.9. The van der Waals surface area contributed by atoms with Gasteiger partial charge in [-0.1, -0.05) is 43.2 Å². The summed E-state index contributed by atoms with van der Waals surface area (Å²) in [5.74, 6) is -1.15. The Labute approximate surface area is 184 Å². The molecule has 1 aromatic rings. The van der Waals surface area contributed by atoms with Crippen LogP contribution in [0.4, 0.5) is 0 Å². The van der Waals surface area contributed by atoms with E-state index in [-0.39, 0.29) is 18.3 Å². The maximum atomic E-state index is 11.4. The predicted octanol–water partition coefficient (Wildman–Crippen LogP) is 3.84. The average molecular weight is 431 g/mol. The van der Waals surface area contributed by atoms with Gasteiger partial charge < -0.3 is 28.8 Å². The molecule has 170 valence electrons. The van der Waals surface area contributed by atoms with Gasteiger partial charge in [0.2, 0.25) is 0 Å². The van der Waals surface area contributed by atoms with E-state index in [1.54, 1.807) is 0 Å². The summed E-state index contributed by atoms with van der Waals surface area (Å²) in [4.78, 5) is 0. The molecule has 3 aliphatic carbocycles. The van der Waals surface area contributed by atoms with E-state index in [4.69, 9.17) is 23.7 Å². The Morgan fingerprint density at radius 2 is 1.23 bits per heavy atom. The summed E-state index contributed by atoms with van der Waals surface area (Å²) in [6.45, 7) is 0.422. The van der Waals surface area contributed by atoms with Crippen molar-refractivity contribution >= 4 is 0 Å². The van der Waals surface area contributed by atoms with Crippen molar-refractivity contribution in [2.45, 2.75) is 119 Å². The zero-order valence-electron chi connectivity index (χ0n) is 18.1. The Balaban J connectivity index is 1.28. The molecule has 2 spiro atoms. The van der Waals surface area contributed by atoms with Crippen LogP contribution in [0, 0.1) is 0 Å². The Morgan fingerprint density at radius 1 is 0.710 bits per heavy atom. The van der Waals surface area contributed by atoms with Gasteiger partial charge in [-0.05, 0) is 31.2 Å². The molecule has 0 unspecified atom stereocenters. The molecule has 2 saturated heterocycles. The van der Waals surface area contributed by atoms with Crippen LogP contribution in [0.25, 0.3) is 0 Å². The molecule has 2 heterocycles. The highest BCUT2D eigenvalue weighted by Gasteiger charge is 2.66. The van der Waals surface area contributed by atoms with Gasteiger partial charge in [0.05, 0.1) is 6.61 Å². The first-order valence-electron chi connectivity index (χ1n) is 12.2. The number of aliphatic hydroxyl groups is 1. The molecule has 2 aliphatic heterocycles. The number of benzene rings is 1. The number of ether oxygens (including phenoxy) is 5. The number of aliphatic hydroxyl groups excluding tert-OH is 1. The Morgan fingerprint density at radius 3 is 1.84 bits per heavy atom. The average Bonchev–Trinajstić information content (AvgIpc) is 3.34. The van der Waals surface area contributed by atoms with Gasteiger partial charge >= 0.3 is 0 Å². The fraction of sp³-hybridized carbons (Fsp3) is 0.760. The lowest BCUT2D eigenvalue weighted by atomic mass is 9.85. The SMILES string of the molecule is O[C@H]1[C@H]2OC3(CCCCC3)O[C@H]2[C@@H]2OC3(CCCCC3)O[C@H]2[C@H]1OCc1ccccc1. The molecule has 3 saturated carbocycles. The lowest BCUT2D eigenvalue weighted by molar-refractivity contribution is -0.227. The monoisotopic (exact) mass is 430 g/mol. The van der Waals surface area contributed by atoms with E-state index in [1.807, 2.05) is 30.3 Å². The number of fused-ring (bicyclic) bond motifs is 3. The van der Waals surface area contributed by atoms with Gasteiger partial charge in [-0.15, -0.1) is 0 Å². The van der Waals surface area contributed by atoms with E-state index in [9.17, 15) is 5.11 Å². The van der Waals surface area contributed by atoms with E-state index in [0.717, 1.165) is 56.9 Å². The maximum absolute atomic E-state index is 11.4. The molecule has 1 N–H and O–H groups in total. The number of hydrogen-bond donors (Lipinski definition) is 1. The molecule has 6 heteroatoms. The van der Waals surface area contributed by atoms with Crippen LogP contribution in [0.15, 0.2) is 30.3 Å². The Hall–Kier alpha value is -1.02. The minimum Gasteiger partial charge on any atom is -0.387 e. The standard InChI is InChI=1S/C25H34O6/c26-18-19(27-16-17-10-4-1-5-11-17)21-23(31-25(29-21)14-8-3-9-15-25)22-20(18)28-24(30-22)12-6-2-7-13-24/h1,4-5,10-11,18-23,26H,2-3,6-9,12-16H2/t18-,19+,20-,21+,22-,23-/m1/s1. The van der Waals surface area contributed by atoms with Gasteiger partial charge in [0.25, 0.3) is 0 Å². The largest absolute Gasteiger partial charge is 0.387 e. The number of rotatable bonds is 3. The van der Waals surface area contributed by atoms with Crippen molar-refractivity contribution in [2.75, 3.05) is 0 Å². The molecule has 6 atom stereocenters. The van der Waals surface area contributed by atoms with Crippen LogP contribution in [0.5, 0.6) is 0 Å².